The van der Waals surface area contributed by atoms with Crippen LogP contribution < -0.4 is 15.7 Å². The number of amides is 1. The molecule has 0 fully saturated rings. The van der Waals surface area contributed by atoms with Gasteiger partial charge in [0.2, 0.25) is 0 Å². The molecule has 0 bridgehead atoms. The molecule has 1 aromatic heterocycles. The summed E-state index contributed by atoms with van der Waals surface area (Å²) in [4.78, 5) is 24.9. The molecule has 0 unspecified atom stereocenters. The molecule has 0 atom stereocenters. The minimum atomic E-state index is -0.253. The average Bonchev–Trinajstić information content (AvgIpc) is 2.69. The topological polar surface area (TPSA) is 68.5 Å². The van der Waals surface area contributed by atoms with Gasteiger partial charge < -0.3 is 14.5 Å². The molecule has 1 aliphatic carbocycles. The van der Waals surface area contributed by atoms with E-state index < -0.39 is 0 Å². The van der Waals surface area contributed by atoms with Crippen LogP contribution in [0.5, 0.6) is 5.75 Å². The standard InChI is InChI=1S/C24H25NO4/c1-14-11-19(28-13-21(26)25-23-15(2)7-6-8-16(23)3)22-17-9-4-5-10-18(17)24(27)29-20(22)12-14/h6-8,11-12H,4-5,9-10,13H2,1-3H3,(H,25,26). The zero-order valence-electron chi connectivity index (χ0n) is 17.1. The van der Waals surface area contributed by atoms with E-state index in [0.717, 1.165) is 64.6 Å². The van der Waals surface area contributed by atoms with Gasteiger partial charge in [-0.3, -0.25) is 4.79 Å². The van der Waals surface area contributed by atoms with Crippen molar-refractivity contribution in [2.24, 2.45) is 0 Å². The van der Waals surface area contributed by atoms with Gasteiger partial charge in [0.1, 0.15) is 11.3 Å². The lowest BCUT2D eigenvalue weighted by molar-refractivity contribution is -0.118. The summed E-state index contributed by atoms with van der Waals surface area (Å²) in [7, 11) is 0. The summed E-state index contributed by atoms with van der Waals surface area (Å²) in [5.41, 5.74) is 5.79. The van der Waals surface area contributed by atoms with Crippen LogP contribution in [0.1, 0.15) is 40.7 Å². The SMILES string of the molecule is Cc1cc(OCC(=O)Nc2c(C)cccc2C)c2c3c(c(=O)oc2c1)CCCC3. The molecule has 1 amide bonds. The second-order valence-electron chi connectivity index (χ2n) is 7.79. The Morgan fingerprint density at radius 1 is 1.07 bits per heavy atom. The largest absolute Gasteiger partial charge is 0.483 e. The van der Waals surface area contributed by atoms with E-state index in [2.05, 4.69) is 5.32 Å². The average molecular weight is 391 g/mol. The molecule has 0 aliphatic heterocycles. The maximum absolute atomic E-state index is 12.5. The Morgan fingerprint density at radius 2 is 1.76 bits per heavy atom. The molecule has 150 valence electrons. The van der Waals surface area contributed by atoms with Gasteiger partial charge in [-0.25, -0.2) is 4.79 Å². The number of hydrogen-bond acceptors (Lipinski definition) is 4. The number of rotatable bonds is 4. The summed E-state index contributed by atoms with van der Waals surface area (Å²) in [6, 6.07) is 9.66. The number of nitrogens with one attached hydrogen (secondary N) is 1. The minimum absolute atomic E-state index is 0.111. The van der Waals surface area contributed by atoms with Crippen LogP contribution in [0.25, 0.3) is 11.0 Å². The maximum Gasteiger partial charge on any atom is 0.339 e. The van der Waals surface area contributed by atoms with Crippen LogP contribution >= 0.6 is 0 Å². The Kier molecular flexibility index (Phi) is 5.14. The zero-order chi connectivity index (χ0) is 20.5. The van der Waals surface area contributed by atoms with Gasteiger partial charge in [-0.1, -0.05) is 18.2 Å². The zero-order valence-corrected chi connectivity index (χ0v) is 17.1. The van der Waals surface area contributed by atoms with Crippen molar-refractivity contribution < 1.29 is 13.9 Å². The summed E-state index contributed by atoms with van der Waals surface area (Å²) < 4.78 is 11.5. The molecular formula is C24H25NO4. The highest BCUT2D eigenvalue weighted by Gasteiger charge is 2.21. The first-order valence-corrected chi connectivity index (χ1v) is 10.0. The molecule has 1 heterocycles. The van der Waals surface area contributed by atoms with Crippen LogP contribution in [0, 0.1) is 20.8 Å². The minimum Gasteiger partial charge on any atom is -0.483 e. The van der Waals surface area contributed by atoms with E-state index in [1.807, 2.05) is 51.1 Å². The molecule has 4 rings (SSSR count). The van der Waals surface area contributed by atoms with Crippen LogP contribution in [0.2, 0.25) is 0 Å². The highest BCUT2D eigenvalue weighted by atomic mass is 16.5. The van der Waals surface area contributed by atoms with Crippen LogP contribution in [0.15, 0.2) is 39.5 Å². The van der Waals surface area contributed by atoms with Crippen molar-refractivity contribution in [2.45, 2.75) is 46.5 Å². The lowest BCUT2D eigenvalue weighted by Gasteiger charge is -2.19. The predicted octanol–water partition coefficient (Wildman–Crippen LogP) is 4.61. The van der Waals surface area contributed by atoms with E-state index in [-0.39, 0.29) is 18.1 Å². The fourth-order valence-corrected chi connectivity index (χ4v) is 4.11. The third-order valence-corrected chi connectivity index (χ3v) is 5.53. The quantitative estimate of drug-likeness (QED) is 0.659. The van der Waals surface area contributed by atoms with E-state index in [4.69, 9.17) is 9.15 Å². The van der Waals surface area contributed by atoms with Crippen molar-refractivity contribution in [3.8, 4) is 5.75 Å². The summed E-state index contributed by atoms with van der Waals surface area (Å²) in [6.07, 6.45) is 3.58. The molecule has 0 saturated heterocycles. The molecule has 29 heavy (non-hydrogen) atoms. The van der Waals surface area contributed by atoms with E-state index in [1.54, 1.807) is 0 Å². The molecule has 2 aromatic carbocycles. The van der Waals surface area contributed by atoms with Crippen molar-refractivity contribution in [3.63, 3.8) is 0 Å². The molecular weight excluding hydrogens is 366 g/mol. The highest BCUT2D eigenvalue weighted by Crippen LogP contribution is 2.34. The molecule has 0 spiro atoms. The number of benzene rings is 2. The van der Waals surface area contributed by atoms with Gasteiger partial charge in [0.05, 0.1) is 5.39 Å². The first-order chi connectivity index (χ1) is 13.9. The molecule has 5 nitrogen and oxygen atoms in total. The number of para-hydroxylation sites is 1. The second-order valence-corrected chi connectivity index (χ2v) is 7.79. The molecule has 0 radical (unpaired) electrons. The summed E-state index contributed by atoms with van der Waals surface area (Å²) in [5, 5.41) is 3.77. The number of aryl methyl sites for hydroxylation is 4. The van der Waals surface area contributed by atoms with E-state index in [0.29, 0.717) is 11.3 Å². The normalized spacial score (nSPS) is 13.2. The Hall–Kier alpha value is -3.08. The Bertz CT molecular complexity index is 1140. The molecule has 3 aromatic rings. The molecule has 1 aliphatic rings. The van der Waals surface area contributed by atoms with Crippen molar-refractivity contribution in [1.29, 1.82) is 0 Å². The third-order valence-electron chi connectivity index (χ3n) is 5.53. The van der Waals surface area contributed by atoms with E-state index in [9.17, 15) is 9.59 Å². The van der Waals surface area contributed by atoms with E-state index in [1.165, 1.54) is 0 Å². The van der Waals surface area contributed by atoms with Gasteiger partial charge in [0, 0.05) is 11.3 Å². The van der Waals surface area contributed by atoms with Crippen molar-refractivity contribution >= 4 is 22.6 Å². The van der Waals surface area contributed by atoms with Gasteiger partial charge >= 0.3 is 5.63 Å². The Balaban J connectivity index is 1.64. The molecule has 1 N–H and O–H groups in total. The van der Waals surface area contributed by atoms with Crippen LogP contribution in [0.3, 0.4) is 0 Å². The predicted molar refractivity (Wildman–Crippen MR) is 114 cm³/mol. The monoisotopic (exact) mass is 391 g/mol. The first kappa shape index (κ1) is 19.2. The van der Waals surface area contributed by atoms with Crippen molar-refractivity contribution in [3.05, 3.63) is 68.6 Å². The fourth-order valence-electron chi connectivity index (χ4n) is 4.11. The van der Waals surface area contributed by atoms with Gasteiger partial charge in [0.15, 0.2) is 6.61 Å². The molecule has 0 saturated carbocycles. The summed E-state index contributed by atoms with van der Waals surface area (Å²) in [5.74, 6) is 0.377. The lowest BCUT2D eigenvalue weighted by Crippen LogP contribution is -2.22. The molecule has 5 heteroatoms. The lowest BCUT2D eigenvalue weighted by atomic mass is 9.90. The fraction of sp³-hybridized carbons (Fsp3) is 0.333. The Morgan fingerprint density at radius 3 is 2.48 bits per heavy atom. The number of carbonyl (C=O) groups excluding carboxylic acids is 1. The van der Waals surface area contributed by atoms with Gasteiger partial charge in [-0.15, -0.1) is 0 Å². The van der Waals surface area contributed by atoms with Crippen LogP contribution in [-0.4, -0.2) is 12.5 Å². The maximum atomic E-state index is 12.5. The first-order valence-electron chi connectivity index (χ1n) is 10.0. The van der Waals surface area contributed by atoms with Crippen LogP contribution in [0.4, 0.5) is 5.69 Å². The van der Waals surface area contributed by atoms with Crippen molar-refractivity contribution in [2.75, 3.05) is 11.9 Å². The number of ether oxygens (including phenoxy) is 1. The summed E-state index contributed by atoms with van der Waals surface area (Å²) in [6.45, 7) is 5.74. The highest BCUT2D eigenvalue weighted by molar-refractivity contribution is 5.94. The number of fused-ring (bicyclic) bond motifs is 3. The van der Waals surface area contributed by atoms with Gasteiger partial charge in [0.25, 0.3) is 5.91 Å². The Labute approximate surface area is 169 Å². The van der Waals surface area contributed by atoms with Crippen molar-refractivity contribution in [1.82, 2.24) is 0 Å². The smallest absolute Gasteiger partial charge is 0.339 e. The third kappa shape index (κ3) is 3.77. The number of hydrogen-bond donors (Lipinski definition) is 1. The van der Waals surface area contributed by atoms with Crippen LogP contribution in [-0.2, 0) is 17.6 Å². The summed E-state index contributed by atoms with van der Waals surface area (Å²) >= 11 is 0. The van der Waals surface area contributed by atoms with Gasteiger partial charge in [-0.2, -0.15) is 0 Å². The number of carbonyl (C=O) groups is 1. The van der Waals surface area contributed by atoms with E-state index >= 15 is 0 Å². The number of anilines is 1. The van der Waals surface area contributed by atoms with Gasteiger partial charge in [-0.05, 0) is 80.8 Å². The second kappa shape index (κ2) is 7.74.